The fraction of sp³-hybridized carbons (Fsp3) is 1.00. The molecule has 0 atom stereocenters. The van der Waals surface area contributed by atoms with Gasteiger partial charge in [-0.05, 0) is 18.2 Å². The van der Waals surface area contributed by atoms with Crippen molar-refractivity contribution in [1.29, 1.82) is 0 Å². The van der Waals surface area contributed by atoms with Crippen molar-refractivity contribution in [1.82, 2.24) is 0 Å². The smallest absolute Gasteiger partial charge is 0.411 e. The summed E-state index contributed by atoms with van der Waals surface area (Å²) in [6.07, 6.45) is 15.7. The van der Waals surface area contributed by atoms with Crippen LogP contribution in [0.2, 0.25) is 5.31 Å². The van der Waals surface area contributed by atoms with Crippen molar-refractivity contribution < 1.29 is 9.31 Å². The summed E-state index contributed by atoms with van der Waals surface area (Å²) < 4.78 is 12.1. The molecule has 2 nitrogen and oxygen atoms in total. The first kappa shape index (κ1) is 23.0. The number of rotatable bonds is 16. The summed E-state index contributed by atoms with van der Waals surface area (Å²) in [5.74, 6) is 0. The molecule has 0 aromatic heterocycles. The fourth-order valence-corrected chi connectivity index (χ4v) is 2.69. The molecule has 0 unspecified atom stereocenters. The molecule has 0 amide bonds. The molecule has 0 aromatic carbocycles. The van der Waals surface area contributed by atoms with Gasteiger partial charge in [0.05, 0.1) is 0 Å². The van der Waals surface area contributed by atoms with E-state index >= 15 is 0 Å². The Morgan fingerprint density at radius 3 is 1.26 bits per heavy atom. The quantitative estimate of drug-likeness (QED) is 0.224. The van der Waals surface area contributed by atoms with Gasteiger partial charge in [-0.25, -0.2) is 0 Å². The standard InChI is InChI=1S/C20H43BO2/c1-6-8-10-12-14-16-18-22-21(20(3,4)5)23-19-17-15-13-11-9-7-2/h6-19H2,1-5H3. The van der Waals surface area contributed by atoms with E-state index in [-0.39, 0.29) is 12.4 Å². The van der Waals surface area contributed by atoms with Gasteiger partial charge in [0, 0.05) is 13.2 Å². The molecule has 0 aliphatic carbocycles. The molecule has 138 valence electrons. The van der Waals surface area contributed by atoms with E-state index in [9.17, 15) is 0 Å². The van der Waals surface area contributed by atoms with Gasteiger partial charge in [-0.1, -0.05) is 98.8 Å². The number of hydrogen-bond acceptors (Lipinski definition) is 2. The van der Waals surface area contributed by atoms with Crippen LogP contribution in [0.15, 0.2) is 0 Å². The van der Waals surface area contributed by atoms with Gasteiger partial charge in [0.2, 0.25) is 0 Å². The largest absolute Gasteiger partial charge is 0.462 e. The highest BCUT2D eigenvalue weighted by Gasteiger charge is 2.33. The lowest BCUT2D eigenvalue weighted by Gasteiger charge is -2.26. The molecule has 0 saturated carbocycles. The van der Waals surface area contributed by atoms with Crippen molar-refractivity contribution >= 4 is 7.12 Å². The van der Waals surface area contributed by atoms with E-state index in [1.165, 1.54) is 64.2 Å². The topological polar surface area (TPSA) is 18.5 Å². The van der Waals surface area contributed by atoms with Gasteiger partial charge < -0.3 is 9.31 Å². The van der Waals surface area contributed by atoms with E-state index in [1.54, 1.807) is 0 Å². The average molecular weight is 326 g/mol. The minimum Gasteiger partial charge on any atom is -0.411 e. The highest BCUT2D eigenvalue weighted by atomic mass is 16.6. The van der Waals surface area contributed by atoms with Crippen LogP contribution in [0.4, 0.5) is 0 Å². The molecule has 0 aliphatic rings. The molecule has 0 N–H and O–H groups in total. The van der Waals surface area contributed by atoms with Crippen LogP contribution in [0.3, 0.4) is 0 Å². The van der Waals surface area contributed by atoms with Crippen LogP contribution in [-0.2, 0) is 9.31 Å². The molecule has 0 spiro atoms. The Bertz CT molecular complexity index is 220. The van der Waals surface area contributed by atoms with Crippen LogP contribution in [0.1, 0.15) is 112 Å². The van der Waals surface area contributed by atoms with Gasteiger partial charge in [0.25, 0.3) is 0 Å². The molecular weight excluding hydrogens is 283 g/mol. The van der Waals surface area contributed by atoms with E-state index < -0.39 is 0 Å². The summed E-state index contributed by atoms with van der Waals surface area (Å²) in [5.41, 5.74) is 0. The van der Waals surface area contributed by atoms with E-state index in [4.69, 9.17) is 9.31 Å². The molecule has 0 bridgehead atoms. The second kappa shape index (κ2) is 15.5. The molecule has 0 radical (unpaired) electrons. The first-order chi connectivity index (χ1) is 11.0. The Balaban J connectivity index is 3.70. The zero-order valence-corrected chi connectivity index (χ0v) is 16.8. The van der Waals surface area contributed by atoms with E-state index in [2.05, 4.69) is 34.6 Å². The molecular formula is C20H43BO2. The predicted octanol–water partition coefficient (Wildman–Crippen LogP) is 7.03. The third-order valence-corrected chi connectivity index (χ3v) is 4.24. The van der Waals surface area contributed by atoms with Gasteiger partial charge >= 0.3 is 7.12 Å². The first-order valence-electron chi connectivity index (χ1n) is 10.3. The SMILES string of the molecule is CCCCCCCCOB(OCCCCCCCC)C(C)(C)C. The zero-order chi connectivity index (χ0) is 17.4. The molecule has 0 aromatic rings. The van der Waals surface area contributed by atoms with Crippen LogP contribution < -0.4 is 0 Å². The summed E-state index contributed by atoms with van der Waals surface area (Å²) in [6, 6.07) is 0. The van der Waals surface area contributed by atoms with Crippen molar-refractivity contribution in [2.75, 3.05) is 13.2 Å². The summed E-state index contributed by atoms with van der Waals surface area (Å²) >= 11 is 0. The molecule has 3 heteroatoms. The van der Waals surface area contributed by atoms with Crippen LogP contribution in [-0.4, -0.2) is 20.3 Å². The van der Waals surface area contributed by atoms with Crippen LogP contribution in [0.25, 0.3) is 0 Å². The third kappa shape index (κ3) is 15.3. The molecule has 0 rings (SSSR count). The Labute approximate surface area is 147 Å². The maximum atomic E-state index is 6.04. The Kier molecular flexibility index (Phi) is 15.5. The number of unbranched alkanes of at least 4 members (excludes halogenated alkanes) is 10. The molecule has 0 heterocycles. The molecule has 0 fully saturated rings. The van der Waals surface area contributed by atoms with Gasteiger partial charge in [-0.3, -0.25) is 0 Å². The lowest BCUT2D eigenvalue weighted by molar-refractivity contribution is 0.171. The van der Waals surface area contributed by atoms with Gasteiger partial charge in [-0.2, -0.15) is 0 Å². The Hall–Kier alpha value is -0.0151. The molecule has 0 aliphatic heterocycles. The average Bonchev–Trinajstić information content (AvgIpc) is 2.50. The highest BCUT2D eigenvalue weighted by Crippen LogP contribution is 2.28. The third-order valence-electron chi connectivity index (χ3n) is 4.24. The van der Waals surface area contributed by atoms with E-state index in [1.807, 2.05) is 0 Å². The van der Waals surface area contributed by atoms with Crippen LogP contribution in [0.5, 0.6) is 0 Å². The minimum absolute atomic E-state index is 0.0599. The lowest BCUT2D eigenvalue weighted by Crippen LogP contribution is -2.33. The summed E-state index contributed by atoms with van der Waals surface area (Å²) in [6.45, 7) is 12.8. The van der Waals surface area contributed by atoms with E-state index in [0.717, 1.165) is 26.1 Å². The van der Waals surface area contributed by atoms with Crippen molar-refractivity contribution in [3.8, 4) is 0 Å². The minimum atomic E-state index is -0.0613. The second-order valence-electron chi connectivity index (χ2n) is 7.98. The maximum absolute atomic E-state index is 6.04. The second-order valence-corrected chi connectivity index (χ2v) is 7.98. The molecule has 23 heavy (non-hydrogen) atoms. The predicted molar refractivity (Wildman–Crippen MR) is 104 cm³/mol. The van der Waals surface area contributed by atoms with Crippen LogP contribution in [0, 0.1) is 0 Å². The number of hydrogen-bond donors (Lipinski definition) is 0. The van der Waals surface area contributed by atoms with Crippen molar-refractivity contribution in [2.45, 2.75) is 117 Å². The summed E-state index contributed by atoms with van der Waals surface area (Å²) in [5, 5.41) is 0.0599. The van der Waals surface area contributed by atoms with Gasteiger partial charge in [0.1, 0.15) is 0 Å². The van der Waals surface area contributed by atoms with Crippen molar-refractivity contribution in [3.05, 3.63) is 0 Å². The zero-order valence-electron chi connectivity index (χ0n) is 16.8. The van der Waals surface area contributed by atoms with Crippen molar-refractivity contribution in [3.63, 3.8) is 0 Å². The van der Waals surface area contributed by atoms with E-state index in [0.29, 0.717) is 0 Å². The summed E-state index contributed by atoms with van der Waals surface area (Å²) in [7, 11) is -0.0613. The lowest BCUT2D eigenvalue weighted by atomic mass is 9.61. The van der Waals surface area contributed by atoms with Crippen LogP contribution >= 0.6 is 0 Å². The Morgan fingerprint density at radius 1 is 0.565 bits per heavy atom. The monoisotopic (exact) mass is 326 g/mol. The molecule has 0 saturated heterocycles. The first-order valence-corrected chi connectivity index (χ1v) is 10.3. The Morgan fingerprint density at radius 2 is 0.913 bits per heavy atom. The fourth-order valence-electron chi connectivity index (χ4n) is 2.69. The highest BCUT2D eigenvalue weighted by molar-refractivity contribution is 6.48. The normalized spacial score (nSPS) is 11.9. The summed E-state index contributed by atoms with van der Waals surface area (Å²) in [4.78, 5) is 0. The van der Waals surface area contributed by atoms with Crippen molar-refractivity contribution in [2.24, 2.45) is 0 Å². The maximum Gasteiger partial charge on any atom is 0.462 e. The van der Waals surface area contributed by atoms with Gasteiger partial charge in [-0.15, -0.1) is 0 Å². The van der Waals surface area contributed by atoms with Gasteiger partial charge in [0.15, 0.2) is 0 Å².